The lowest BCUT2D eigenvalue weighted by atomic mass is 10.2. The third kappa shape index (κ3) is 3.42. The number of phenols is 1. The highest BCUT2D eigenvalue weighted by atomic mass is 35.5. The predicted molar refractivity (Wildman–Crippen MR) is 55.3 cm³/mol. The molecule has 0 radical (unpaired) electrons. The molecule has 0 heterocycles. The molecule has 5 heteroatoms. The van der Waals surface area contributed by atoms with Crippen LogP contribution in [0.2, 0.25) is 5.02 Å². The molecule has 1 rings (SSSR count). The number of phenolic OH excluding ortho intramolecular Hbond substituents is 1. The third-order valence-electron chi connectivity index (χ3n) is 1.70. The van der Waals surface area contributed by atoms with Crippen LogP contribution < -0.4 is 0 Å². The van der Waals surface area contributed by atoms with Crippen LogP contribution >= 0.6 is 11.6 Å². The van der Waals surface area contributed by atoms with Gasteiger partial charge >= 0.3 is 5.97 Å². The van der Waals surface area contributed by atoms with Crippen molar-refractivity contribution in [3.05, 3.63) is 28.8 Å². The zero-order valence-electron chi connectivity index (χ0n) is 8.20. The number of hydrogen-bond donors (Lipinski definition) is 1. The van der Waals surface area contributed by atoms with Crippen molar-refractivity contribution in [1.29, 1.82) is 0 Å². The maximum atomic E-state index is 11.4. The van der Waals surface area contributed by atoms with Crippen LogP contribution in [0, 0.1) is 0 Å². The van der Waals surface area contributed by atoms with E-state index >= 15 is 0 Å². The molecule has 4 nitrogen and oxygen atoms in total. The highest BCUT2D eigenvalue weighted by Gasteiger charge is 2.09. The lowest BCUT2D eigenvalue weighted by Gasteiger charge is -2.04. The van der Waals surface area contributed by atoms with Crippen molar-refractivity contribution in [2.24, 2.45) is 0 Å². The molecule has 82 valence electrons. The summed E-state index contributed by atoms with van der Waals surface area (Å²) < 4.78 is 9.59. The quantitative estimate of drug-likeness (QED) is 0.634. The van der Waals surface area contributed by atoms with Gasteiger partial charge in [0.25, 0.3) is 0 Å². The third-order valence-corrected chi connectivity index (χ3v) is 2.01. The van der Waals surface area contributed by atoms with Crippen molar-refractivity contribution in [2.45, 2.75) is 0 Å². The van der Waals surface area contributed by atoms with Crippen molar-refractivity contribution < 1.29 is 19.4 Å². The Balaban J connectivity index is 2.62. The van der Waals surface area contributed by atoms with Crippen molar-refractivity contribution in [3.8, 4) is 5.75 Å². The van der Waals surface area contributed by atoms with Crippen LogP contribution in [0.15, 0.2) is 18.2 Å². The highest BCUT2D eigenvalue weighted by molar-refractivity contribution is 6.32. The Hall–Kier alpha value is -1.26. The summed E-state index contributed by atoms with van der Waals surface area (Å²) >= 11 is 5.64. The monoisotopic (exact) mass is 230 g/mol. The zero-order valence-corrected chi connectivity index (χ0v) is 8.95. The summed E-state index contributed by atoms with van der Waals surface area (Å²) in [7, 11) is 1.52. The van der Waals surface area contributed by atoms with E-state index in [1.54, 1.807) is 0 Å². The normalized spacial score (nSPS) is 10.0. The molecule has 0 bridgehead atoms. The van der Waals surface area contributed by atoms with E-state index in [9.17, 15) is 4.79 Å². The maximum Gasteiger partial charge on any atom is 0.338 e. The fraction of sp³-hybridized carbons (Fsp3) is 0.300. The van der Waals surface area contributed by atoms with Crippen molar-refractivity contribution in [1.82, 2.24) is 0 Å². The van der Waals surface area contributed by atoms with Crippen molar-refractivity contribution >= 4 is 17.6 Å². The van der Waals surface area contributed by atoms with E-state index < -0.39 is 5.97 Å². The fourth-order valence-corrected chi connectivity index (χ4v) is 1.12. The second-order valence-corrected chi connectivity index (χ2v) is 3.20. The first kappa shape index (κ1) is 11.8. The first-order valence-electron chi connectivity index (χ1n) is 4.29. The lowest BCUT2D eigenvalue weighted by molar-refractivity contribution is 0.0388. The van der Waals surface area contributed by atoms with Gasteiger partial charge in [-0.15, -0.1) is 0 Å². The summed E-state index contributed by atoms with van der Waals surface area (Å²) in [6.07, 6.45) is 0. The summed E-state index contributed by atoms with van der Waals surface area (Å²) in [4.78, 5) is 11.4. The number of methoxy groups -OCH3 is 1. The molecule has 0 amide bonds. The lowest BCUT2D eigenvalue weighted by Crippen LogP contribution is -2.09. The van der Waals surface area contributed by atoms with Crippen molar-refractivity contribution in [3.63, 3.8) is 0 Å². The van der Waals surface area contributed by atoms with Crippen LogP contribution in [0.5, 0.6) is 5.75 Å². The summed E-state index contributed by atoms with van der Waals surface area (Å²) in [5.74, 6) is -0.556. The molecule has 1 aromatic rings. The van der Waals surface area contributed by atoms with Gasteiger partial charge in [-0.05, 0) is 18.2 Å². The summed E-state index contributed by atoms with van der Waals surface area (Å²) in [6, 6.07) is 4.14. The minimum atomic E-state index is -0.492. The van der Waals surface area contributed by atoms with Gasteiger partial charge < -0.3 is 14.6 Å². The number of carbonyl (C=O) groups is 1. The molecule has 0 unspecified atom stereocenters. The van der Waals surface area contributed by atoms with Gasteiger partial charge in [0, 0.05) is 7.11 Å². The van der Waals surface area contributed by atoms with Gasteiger partial charge in [-0.3, -0.25) is 0 Å². The summed E-state index contributed by atoms with van der Waals surface area (Å²) in [5.41, 5.74) is 0.300. The van der Waals surface area contributed by atoms with Gasteiger partial charge in [0.05, 0.1) is 17.2 Å². The second kappa shape index (κ2) is 5.58. The van der Waals surface area contributed by atoms with Crippen LogP contribution in [0.25, 0.3) is 0 Å². The molecule has 0 saturated carbocycles. The number of esters is 1. The Bertz CT molecular complexity index is 351. The van der Waals surface area contributed by atoms with Gasteiger partial charge in [-0.2, -0.15) is 0 Å². The summed E-state index contributed by atoms with van der Waals surface area (Å²) in [6.45, 7) is 0.533. The van der Waals surface area contributed by atoms with Crippen LogP contribution in [0.4, 0.5) is 0 Å². The van der Waals surface area contributed by atoms with E-state index in [1.165, 1.54) is 25.3 Å². The SMILES string of the molecule is COCCOC(=O)c1ccc(O)c(Cl)c1. The first-order chi connectivity index (χ1) is 7.15. The molecule has 1 aromatic carbocycles. The van der Waals surface area contributed by atoms with Gasteiger partial charge in [-0.1, -0.05) is 11.6 Å². The minimum absolute atomic E-state index is 0.0647. The van der Waals surface area contributed by atoms with Crippen LogP contribution in [-0.4, -0.2) is 31.4 Å². The largest absolute Gasteiger partial charge is 0.506 e. The maximum absolute atomic E-state index is 11.4. The molecule has 0 fully saturated rings. The van der Waals surface area contributed by atoms with Crippen LogP contribution in [0.3, 0.4) is 0 Å². The number of rotatable bonds is 4. The topological polar surface area (TPSA) is 55.8 Å². The second-order valence-electron chi connectivity index (χ2n) is 2.79. The van der Waals surface area contributed by atoms with E-state index in [0.29, 0.717) is 12.2 Å². The van der Waals surface area contributed by atoms with Gasteiger partial charge in [0.1, 0.15) is 12.4 Å². The molecule has 0 spiro atoms. The van der Waals surface area contributed by atoms with Crippen LogP contribution in [0.1, 0.15) is 10.4 Å². The van der Waals surface area contributed by atoms with Crippen molar-refractivity contribution in [2.75, 3.05) is 20.3 Å². The fourth-order valence-electron chi connectivity index (χ4n) is 0.935. The molecule has 0 saturated heterocycles. The molecule has 1 N–H and O–H groups in total. The molecule has 0 aliphatic carbocycles. The number of ether oxygens (including phenoxy) is 2. The Labute approximate surface area is 92.4 Å². The molecule has 0 aliphatic rings. The van der Waals surface area contributed by atoms with E-state index in [0.717, 1.165) is 0 Å². The average molecular weight is 231 g/mol. The van der Waals surface area contributed by atoms with E-state index in [-0.39, 0.29) is 17.4 Å². The molecule has 0 aliphatic heterocycles. The smallest absolute Gasteiger partial charge is 0.338 e. The van der Waals surface area contributed by atoms with Gasteiger partial charge in [0.2, 0.25) is 0 Å². The molecular weight excluding hydrogens is 220 g/mol. The highest BCUT2D eigenvalue weighted by Crippen LogP contribution is 2.23. The molecule has 0 aromatic heterocycles. The van der Waals surface area contributed by atoms with E-state index in [2.05, 4.69) is 0 Å². The number of benzene rings is 1. The molecule has 0 atom stereocenters. The molecule has 15 heavy (non-hydrogen) atoms. The Morgan fingerprint density at radius 3 is 2.80 bits per heavy atom. The number of hydrogen-bond acceptors (Lipinski definition) is 4. The minimum Gasteiger partial charge on any atom is -0.506 e. The number of halogens is 1. The van der Waals surface area contributed by atoms with E-state index in [4.69, 9.17) is 26.2 Å². The zero-order chi connectivity index (χ0) is 11.3. The summed E-state index contributed by atoms with van der Waals surface area (Å²) in [5, 5.41) is 9.26. The van der Waals surface area contributed by atoms with Gasteiger partial charge in [-0.25, -0.2) is 4.79 Å². The number of aromatic hydroxyl groups is 1. The predicted octanol–water partition coefficient (Wildman–Crippen LogP) is 1.85. The Kier molecular flexibility index (Phi) is 4.39. The van der Waals surface area contributed by atoms with E-state index in [1.807, 2.05) is 0 Å². The number of carbonyl (C=O) groups excluding carboxylic acids is 1. The van der Waals surface area contributed by atoms with Gasteiger partial charge in [0.15, 0.2) is 0 Å². The average Bonchev–Trinajstić information content (AvgIpc) is 2.22. The standard InChI is InChI=1S/C10H11ClO4/c1-14-4-5-15-10(13)7-2-3-9(12)8(11)6-7/h2-3,6,12H,4-5H2,1H3. The Morgan fingerprint density at radius 2 is 2.20 bits per heavy atom. The Morgan fingerprint density at radius 1 is 1.47 bits per heavy atom. The van der Waals surface area contributed by atoms with Crippen LogP contribution in [-0.2, 0) is 9.47 Å². The first-order valence-corrected chi connectivity index (χ1v) is 4.67. The molecular formula is C10H11ClO4.